The minimum Gasteiger partial charge on any atom is -0.349 e. The molecule has 33 heavy (non-hydrogen) atoms. The molecule has 1 saturated carbocycles. The monoisotopic (exact) mass is 475 g/mol. The zero-order valence-corrected chi connectivity index (χ0v) is 22.1. The van der Waals surface area contributed by atoms with Crippen molar-refractivity contribution in [2.75, 3.05) is 0 Å². The summed E-state index contributed by atoms with van der Waals surface area (Å²) in [5.41, 5.74) is 0.347. The molecule has 4 nitrogen and oxygen atoms in total. The number of rotatable bonds is 4. The molecule has 0 aromatic heterocycles. The van der Waals surface area contributed by atoms with Gasteiger partial charge in [-0.3, -0.25) is 13.8 Å². The number of nitrogens with one attached hydrogen (secondary N) is 1. The van der Waals surface area contributed by atoms with Gasteiger partial charge in [0.2, 0.25) is 5.91 Å². The minimum absolute atomic E-state index is 0.0411. The van der Waals surface area contributed by atoms with E-state index in [1.807, 2.05) is 52.0 Å². The first kappa shape index (κ1) is 27.8. The highest BCUT2D eigenvalue weighted by atomic mass is 32.2. The fourth-order valence-corrected chi connectivity index (χ4v) is 6.17. The maximum Gasteiger partial charge on any atom is 0.225 e. The molecule has 1 fully saturated rings. The summed E-state index contributed by atoms with van der Waals surface area (Å²) in [6.45, 7) is 7.58. The van der Waals surface area contributed by atoms with Gasteiger partial charge < -0.3 is 5.32 Å². The van der Waals surface area contributed by atoms with Crippen molar-refractivity contribution in [1.82, 2.24) is 5.32 Å². The van der Waals surface area contributed by atoms with Gasteiger partial charge in [0, 0.05) is 16.7 Å². The third kappa shape index (κ3) is 9.35. The average Bonchev–Trinajstić information content (AvgIpc) is 2.78. The third-order valence-corrected chi connectivity index (χ3v) is 8.46. The van der Waals surface area contributed by atoms with E-state index in [0.717, 1.165) is 31.2 Å². The zero-order valence-electron chi connectivity index (χ0n) is 21.3. The Balaban J connectivity index is 2.18. The van der Waals surface area contributed by atoms with Crippen LogP contribution in [0.1, 0.15) is 123 Å². The molecule has 5 heteroatoms. The second kappa shape index (κ2) is 14.0. The molecular weight excluding hydrogens is 430 g/mol. The number of Topliss-reactive ketones (excluding diaryl/α,β-unsaturated/α-hetero) is 1. The maximum atomic E-state index is 13.8. The molecule has 186 valence electrons. The van der Waals surface area contributed by atoms with Crippen molar-refractivity contribution >= 4 is 22.5 Å². The molecule has 1 unspecified atom stereocenters. The Morgan fingerprint density at radius 2 is 1.42 bits per heavy atom. The zero-order chi connectivity index (χ0) is 24.3. The van der Waals surface area contributed by atoms with Crippen molar-refractivity contribution in [2.24, 2.45) is 5.41 Å². The van der Waals surface area contributed by atoms with E-state index in [0.29, 0.717) is 17.7 Å². The van der Waals surface area contributed by atoms with Gasteiger partial charge in [0.15, 0.2) is 0 Å². The molecule has 1 N–H and O–H groups in total. The Bertz CT molecular complexity index is 784. The van der Waals surface area contributed by atoms with Gasteiger partial charge in [-0.1, -0.05) is 103 Å². The second-order valence-corrected chi connectivity index (χ2v) is 12.3. The summed E-state index contributed by atoms with van der Waals surface area (Å²) in [5, 5.41) is 2.61. The molecule has 1 aromatic carbocycles. The quantitative estimate of drug-likeness (QED) is 0.508. The molecule has 0 radical (unpaired) electrons. The van der Waals surface area contributed by atoms with Crippen LogP contribution in [0, 0.1) is 5.41 Å². The van der Waals surface area contributed by atoms with Crippen molar-refractivity contribution in [1.29, 1.82) is 0 Å². The molecular formula is C28H45NO3S. The van der Waals surface area contributed by atoms with Crippen molar-refractivity contribution in [2.45, 2.75) is 127 Å². The van der Waals surface area contributed by atoms with Gasteiger partial charge in [-0.2, -0.15) is 0 Å². The molecule has 1 aliphatic carbocycles. The van der Waals surface area contributed by atoms with Crippen molar-refractivity contribution in [3.63, 3.8) is 0 Å². The summed E-state index contributed by atoms with van der Waals surface area (Å²) in [7, 11) is -1.42. The molecule has 0 heterocycles. The van der Waals surface area contributed by atoms with E-state index < -0.39 is 21.5 Å². The van der Waals surface area contributed by atoms with E-state index in [1.165, 1.54) is 44.9 Å². The van der Waals surface area contributed by atoms with Crippen LogP contribution in [0.3, 0.4) is 0 Å². The summed E-state index contributed by atoms with van der Waals surface area (Å²) in [6, 6.07) is 7.32. The van der Waals surface area contributed by atoms with Gasteiger partial charge in [0.1, 0.15) is 5.78 Å². The van der Waals surface area contributed by atoms with E-state index >= 15 is 0 Å². The van der Waals surface area contributed by atoms with Gasteiger partial charge in [-0.15, -0.1) is 0 Å². The largest absolute Gasteiger partial charge is 0.349 e. The molecule has 1 amide bonds. The Morgan fingerprint density at radius 3 is 2.00 bits per heavy atom. The number of ketones is 1. The lowest BCUT2D eigenvalue weighted by Crippen LogP contribution is -2.37. The Labute approximate surface area is 204 Å². The fourth-order valence-electron chi connectivity index (χ4n) is 4.43. The molecule has 1 aliphatic rings. The van der Waals surface area contributed by atoms with Crippen LogP contribution < -0.4 is 5.32 Å². The molecule has 2 rings (SSSR count). The predicted octanol–water partition coefficient (Wildman–Crippen LogP) is 7.04. The number of benzene rings is 1. The molecule has 0 spiro atoms. The minimum atomic E-state index is -1.42. The summed E-state index contributed by atoms with van der Waals surface area (Å²) in [6.07, 6.45) is 14.1. The van der Waals surface area contributed by atoms with Crippen LogP contribution in [0.5, 0.6) is 0 Å². The summed E-state index contributed by atoms with van der Waals surface area (Å²) >= 11 is 0. The van der Waals surface area contributed by atoms with Crippen LogP contribution >= 0.6 is 0 Å². The first-order valence-corrected chi connectivity index (χ1v) is 14.3. The lowest BCUT2D eigenvalue weighted by atomic mass is 9.94. The van der Waals surface area contributed by atoms with Crippen molar-refractivity contribution in [3.05, 3.63) is 29.8 Å². The molecule has 0 bridgehead atoms. The highest BCUT2D eigenvalue weighted by molar-refractivity contribution is 7.86. The standard InChI is InChI=1S/C28H45NO3S/c1-22(29-27(31)28(2,3)4)23-18-16-17-20-25(23)33(32)26-21-15-13-11-9-7-5-6-8-10-12-14-19-24(26)30/h16-18,20,22,26H,5-15,19,21H2,1-4H3,(H,29,31)/t22-,26?,33-/m1/s1. The highest BCUT2D eigenvalue weighted by Crippen LogP contribution is 2.28. The molecule has 3 atom stereocenters. The average molecular weight is 476 g/mol. The predicted molar refractivity (Wildman–Crippen MR) is 138 cm³/mol. The SMILES string of the molecule is C[C@@H](NC(=O)C(C)(C)C)c1ccccc1[S@@](=O)C1CCCCCCCCCCCCCC1=O. The van der Waals surface area contributed by atoms with Gasteiger partial charge >= 0.3 is 0 Å². The first-order chi connectivity index (χ1) is 15.7. The highest BCUT2D eigenvalue weighted by Gasteiger charge is 2.29. The van der Waals surface area contributed by atoms with Gasteiger partial charge in [-0.05, 0) is 31.4 Å². The second-order valence-electron chi connectivity index (χ2n) is 10.7. The Morgan fingerprint density at radius 1 is 0.909 bits per heavy atom. The van der Waals surface area contributed by atoms with Crippen LogP contribution in [0.25, 0.3) is 0 Å². The van der Waals surface area contributed by atoms with Gasteiger partial charge in [0.05, 0.1) is 22.1 Å². The molecule has 0 aliphatic heterocycles. The first-order valence-electron chi connectivity index (χ1n) is 13.0. The number of amides is 1. The molecule has 0 saturated heterocycles. The van der Waals surface area contributed by atoms with Crippen LogP contribution in [0.15, 0.2) is 29.2 Å². The fraction of sp³-hybridized carbons (Fsp3) is 0.714. The smallest absolute Gasteiger partial charge is 0.225 e. The number of hydrogen-bond acceptors (Lipinski definition) is 3. The van der Waals surface area contributed by atoms with E-state index in [4.69, 9.17) is 0 Å². The van der Waals surface area contributed by atoms with Crippen LogP contribution in [-0.4, -0.2) is 21.1 Å². The topological polar surface area (TPSA) is 63.2 Å². The maximum absolute atomic E-state index is 13.8. The number of hydrogen-bond donors (Lipinski definition) is 1. The number of carbonyl (C=O) groups is 2. The van der Waals surface area contributed by atoms with Gasteiger partial charge in [-0.25, -0.2) is 0 Å². The normalized spacial score (nSPS) is 21.9. The summed E-state index contributed by atoms with van der Waals surface area (Å²) < 4.78 is 13.8. The summed E-state index contributed by atoms with van der Waals surface area (Å²) in [4.78, 5) is 26.4. The number of carbonyl (C=O) groups excluding carboxylic acids is 2. The Kier molecular flexibility index (Phi) is 11.8. The van der Waals surface area contributed by atoms with E-state index in [-0.39, 0.29) is 17.7 Å². The van der Waals surface area contributed by atoms with E-state index in [2.05, 4.69) is 5.32 Å². The van der Waals surface area contributed by atoms with Crippen molar-refractivity contribution in [3.8, 4) is 0 Å². The lowest BCUT2D eigenvalue weighted by molar-refractivity contribution is -0.129. The van der Waals surface area contributed by atoms with Crippen molar-refractivity contribution < 1.29 is 13.8 Å². The van der Waals surface area contributed by atoms with Crippen LogP contribution in [0.2, 0.25) is 0 Å². The van der Waals surface area contributed by atoms with Gasteiger partial charge in [0.25, 0.3) is 0 Å². The van der Waals surface area contributed by atoms with E-state index in [1.54, 1.807) is 0 Å². The van der Waals surface area contributed by atoms with E-state index in [9.17, 15) is 13.8 Å². The van der Waals surface area contributed by atoms with Crippen LogP contribution in [-0.2, 0) is 20.4 Å². The third-order valence-electron chi connectivity index (χ3n) is 6.64. The Hall–Kier alpha value is -1.49. The van der Waals surface area contributed by atoms with Crippen LogP contribution in [0.4, 0.5) is 0 Å². The summed E-state index contributed by atoms with van der Waals surface area (Å²) in [5.74, 6) is 0.102. The lowest BCUT2D eigenvalue weighted by Gasteiger charge is -2.24. The molecule has 1 aromatic rings.